The van der Waals surface area contributed by atoms with Crippen molar-refractivity contribution in [3.8, 4) is 11.4 Å². The number of carbonyl (C=O) groups excluding carboxylic acids is 1. The van der Waals surface area contributed by atoms with Gasteiger partial charge in [-0.05, 0) is 37.2 Å². The average Bonchev–Trinajstić information content (AvgIpc) is 3.09. The number of nitrogens with one attached hydrogen (secondary N) is 2. The molecule has 1 aromatic heterocycles. The first-order valence-corrected chi connectivity index (χ1v) is 8.32. The number of amides is 1. The van der Waals surface area contributed by atoms with Gasteiger partial charge < -0.3 is 15.2 Å². The van der Waals surface area contributed by atoms with E-state index in [9.17, 15) is 4.79 Å². The van der Waals surface area contributed by atoms with Gasteiger partial charge in [-0.15, -0.1) is 0 Å². The Morgan fingerprint density at radius 2 is 2.17 bits per heavy atom. The van der Waals surface area contributed by atoms with Gasteiger partial charge in [0.25, 0.3) is 0 Å². The maximum atomic E-state index is 11.9. The molecule has 1 aliphatic heterocycles. The van der Waals surface area contributed by atoms with Crippen LogP contribution in [0, 0.1) is 0 Å². The van der Waals surface area contributed by atoms with Crippen LogP contribution >= 0.6 is 11.6 Å². The molecule has 0 spiro atoms. The van der Waals surface area contributed by atoms with E-state index in [1.165, 1.54) is 5.57 Å². The maximum Gasteiger partial charge on any atom is 0.227 e. The number of benzene rings is 1. The normalized spacial score (nSPS) is 14.3. The summed E-state index contributed by atoms with van der Waals surface area (Å²) in [6.45, 7) is 2.46. The van der Waals surface area contributed by atoms with Gasteiger partial charge in [-0.25, -0.2) is 0 Å². The largest absolute Gasteiger partial charge is 0.352 e. The first-order chi connectivity index (χ1) is 11.7. The average molecular weight is 347 g/mol. The molecule has 2 aromatic rings. The molecule has 2 heterocycles. The van der Waals surface area contributed by atoms with Crippen molar-refractivity contribution in [2.24, 2.45) is 0 Å². The van der Waals surface area contributed by atoms with E-state index < -0.39 is 0 Å². The summed E-state index contributed by atoms with van der Waals surface area (Å²) in [6.07, 6.45) is 3.86. The molecule has 0 radical (unpaired) electrons. The fourth-order valence-electron chi connectivity index (χ4n) is 2.42. The summed E-state index contributed by atoms with van der Waals surface area (Å²) in [6, 6.07) is 7.21. The highest BCUT2D eigenvalue weighted by Gasteiger charge is 2.11. The molecule has 3 rings (SSSR count). The molecule has 0 fully saturated rings. The lowest BCUT2D eigenvalue weighted by molar-refractivity contribution is -0.121. The van der Waals surface area contributed by atoms with Gasteiger partial charge >= 0.3 is 0 Å². The Kier molecular flexibility index (Phi) is 5.61. The van der Waals surface area contributed by atoms with E-state index in [0.29, 0.717) is 36.1 Å². The van der Waals surface area contributed by atoms with Gasteiger partial charge in [0, 0.05) is 36.5 Å². The third-order valence-corrected chi connectivity index (χ3v) is 4.06. The van der Waals surface area contributed by atoms with Crippen molar-refractivity contribution in [2.75, 3.05) is 19.6 Å². The van der Waals surface area contributed by atoms with Crippen LogP contribution in [0.2, 0.25) is 5.02 Å². The van der Waals surface area contributed by atoms with Gasteiger partial charge in [0.1, 0.15) is 0 Å². The Bertz CT molecular complexity index is 724. The van der Waals surface area contributed by atoms with Crippen molar-refractivity contribution in [1.82, 2.24) is 20.8 Å². The molecule has 6 nitrogen and oxygen atoms in total. The Morgan fingerprint density at radius 1 is 1.33 bits per heavy atom. The minimum atomic E-state index is -0.0133. The van der Waals surface area contributed by atoms with Crippen LogP contribution < -0.4 is 10.6 Å². The summed E-state index contributed by atoms with van der Waals surface area (Å²) in [7, 11) is 0. The van der Waals surface area contributed by atoms with Crippen LogP contribution in [0.4, 0.5) is 0 Å². The van der Waals surface area contributed by atoms with Gasteiger partial charge in [0.15, 0.2) is 0 Å². The molecule has 0 bridgehead atoms. The smallest absolute Gasteiger partial charge is 0.227 e. The van der Waals surface area contributed by atoms with E-state index in [4.69, 9.17) is 16.1 Å². The molecule has 0 aliphatic carbocycles. The molecule has 1 amide bonds. The summed E-state index contributed by atoms with van der Waals surface area (Å²) in [5, 5.41) is 10.8. The summed E-state index contributed by atoms with van der Waals surface area (Å²) in [5.41, 5.74) is 2.10. The number of nitrogens with zero attached hydrogens (tertiary/aromatic N) is 2. The lowest BCUT2D eigenvalue weighted by atomic mass is 10.1. The Morgan fingerprint density at radius 3 is 2.92 bits per heavy atom. The monoisotopic (exact) mass is 346 g/mol. The number of rotatable bonds is 6. The Labute approximate surface area is 145 Å². The van der Waals surface area contributed by atoms with Crippen LogP contribution in [0.1, 0.15) is 18.7 Å². The van der Waals surface area contributed by atoms with Crippen molar-refractivity contribution in [2.45, 2.75) is 19.3 Å². The highest BCUT2D eigenvalue weighted by atomic mass is 35.5. The van der Waals surface area contributed by atoms with Crippen molar-refractivity contribution in [1.29, 1.82) is 0 Å². The number of hydrogen-bond acceptors (Lipinski definition) is 5. The van der Waals surface area contributed by atoms with Crippen molar-refractivity contribution < 1.29 is 9.32 Å². The van der Waals surface area contributed by atoms with Crippen LogP contribution in [0.5, 0.6) is 0 Å². The highest BCUT2D eigenvalue weighted by molar-refractivity contribution is 6.30. The summed E-state index contributed by atoms with van der Waals surface area (Å²) in [4.78, 5) is 16.2. The zero-order valence-electron chi connectivity index (χ0n) is 13.2. The first-order valence-electron chi connectivity index (χ1n) is 7.94. The fourth-order valence-corrected chi connectivity index (χ4v) is 2.55. The third-order valence-electron chi connectivity index (χ3n) is 3.81. The standard InChI is InChI=1S/C17H19ClN4O2/c18-14-3-1-13(2-4-14)17-21-16(24-22-17)6-5-15(23)20-11-12-7-9-19-10-8-12/h1-4,7,19H,5-6,8-11H2,(H,20,23). The minimum absolute atomic E-state index is 0.0133. The minimum Gasteiger partial charge on any atom is -0.352 e. The van der Waals surface area contributed by atoms with E-state index >= 15 is 0 Å². The molecule has 1 aromatic carbocycles. The molecule has 0 unspecified atom stereocenters. The number of aryl methyl sites for hydroxylation is 1. The predicted molar refractivity (Wildman–Crippen MR) is 91.6 cm³/mol. The number of carbonyl (C=O) groups is 1. The zero-order valence-corrected chi connectivity index (χ0v) is 14.0. The van der Waals surface area contributed by atoms with Gasteiger partial charge in [0.2, 0.25) is 17.6 Å². The molecule has 2 N–H and O–H groups in total. The summed E-state index contributed by atoms with van der Waals surface area (Å²) >= 11 is 5.86. The van der Waals surface area contributed by atoms with Crippen molar-refractivity contribution in [3.05, 3.63) is 46.8 Å². The third kappa shape index (κ3) is 4.66. The molecular weight excluding hydrogens is 328 g/mol. The highest BCUT2D eigenvalue weighted by Crippen LogP contribution is 2.18. The van der Waals surface area contributed by atoms with Crippen molar-refractivity contribution in [3.63, 3.8) is 0 Å². The van der Waals surface area contributed by atoms with Crippen LogP contribution in [0.15, 0.2) is 40.4 Å². The SMILES string of the molecule is O=C(CCc1nc(-c2ccc(Cl)cc2)no1)NCC1=CCNCC1. The lowest BCUT2D eigenvalue weighted by Crippen LogP contribution is -2.29. The lowest BCUT2D eigenvalue weighted by Gasteiger charge is -2.14. The van der Waals surface area contributed by atoms with Gasteiger partial charge in [-0.2, -0.15) is 4.98 Å². The summed E-state index contributed by atoms with van der Waals surface area (Å²) in [5.74, 6) is 0.943. The molecule has 0 saturated carbocycles. The van der Waals surface area contributed by atoms with Crippen LogP contribution in [0.25, 0.3) is 11.4 Å². The molecule has 0 atom stereocenters. The first kappa shape index (κ1) is 16.7. The van der Waals surface area contributed by atoms with Gasteiger partial charge in [0.05, 0.1) is 0 Å². The van der Waals surface area contributed by atoms with Gasteiger partial charge in [-0.3, -0.25) is 4.79 Å². The predicted octanol–water partition coefficient (Wildman–Crippen LogP) is 2.36. The molecule has 24 heavy (non-hydrogen) atoms. The molecule has 7 heteroatoms. The Balaban J connectivity index is 1.47. The van der Waals surface area contributed by atoms with E-state index in [0.717, 1.165) is 25.1 Å². The maximum absolute atomic E-state index is 11.9. The van der Waals surface area contributed by atoms with Gasteiger partial charge in [-0.1, -0.05) is 28.4 Å². The van der Waals surface area contributed by atoms with Crippen LogP contribution in [-0.4, -0.2) is 35.7 Å². The number of hydrogen-bond donors (Lipinski definition) is 2. The second-order valence-corrected chi connectivity index (χ2v) is 6.05. The van der Waals surface area contributed by atoms with Crippen LogP contribution in [0.3, 0.4) is 0 Å². The molecule has 126 valence electrons. The topological polar surface area (TPSA) is 80.0 Å². The quantitative estimate of drug-likeness (QED) is 0.785. The molecular formula is C17H19ClN4O2. The van der Waals surface area contributed by atoms with Crippen molar-refractivity contribution >= 4 is 17.5 Å². The molecule has 0 saturated heterocycles. The number of halogens is 1. The van der Waals surface area contributed by atoms with E-state index in [-0.39, 0.29) is 5.91 Å². The summed E-state index contributed by atoms with van der Waals surface area (Å²) < 4.78 is 5.20. The van der Waals surface area contributed by atoms with Crippen LogP contribution in [-0.2, 0) is 11.2 Å². The second-order valence-electron chi connectivity index (χ2n) is 5.61. The van der Waals surface area contributed by atoms with E-state index in [1.54, 1.807) is 12.1 Å². The number of aromatic nitrogens is 2. The fraction of sp³-hybridized carbons (Fsp3) is 0.353. The Hall–Kier alpha value is -2.18. The molecule has 1 aliphatic rings. The zero-order chi connectivity index (χ0) is 16.8. The van der Waals surface area contributed by atoms with E-state index in [2.05, 4.69) is 26.9 Å². The second kappa shape index (κ2) is 8.08. The van der Waals surface area contributed by atoms with E-state index in [1.807, 2.05) is 12.1 Å².